The standard InChI is InChI=1S/C31H33F3N6O4/c1-2-38-28-24(23(16-6-7-16)25(29(38)42)36-27(41)17-4-3-5-19(12-17)31(32,33)34)26(37-40(28)20-8-10-44-11-9-20)30(43)39-21(15-35)13-18-14-22(18)39/h3-5,12,16,18,20-23,25H,2,6-11,13-14H2,1H3,(H,36,41)/t18-,21-,22+,23+,25+/m1/s1. The second-order valence-corrected chi connectivity index (χ2v) is 12.5. The van der Waals surface area contributed by atoms with Gasteiger partial charge in [-0.25, -0.2) is 4.68 Å². The first-order valence-corrected chi connectivity index (χ1v) is 15.3. The lowest BCUT2D eigenvalue weighted by Gasteiger charge is -2.39. The number of alkyl halides is 3. The number of amides is 3. The number of benzene rings is 1. The van der Waals surface area contributed by atoms with Gasteiger partial charge in [-0.15, -0.1) is 0 Å². The summed E-state index contributed by atoms with van der Waals surface area (Å²) < 4.78 is 47.6. The van der Waals surface area contributed by atoms with Crippen molar-refractivity contribution in [3.63, 3.8) is 0 Å². The van der Waals surface area contributed by atoms with Gasteiger partial charge in [-0.05, 0) is 75.5 Å². The van der Waals surface area contributed by atoms with Crippen molar-refractivity contribution in [3.8, 4) is 6.07 Å². The molecule has 3 aliphatic heterocycles. The molecule has 1 N–H and O–H groups in total. The summed E-state index contributed by atoms with van der Waals surface area (Å²) in [5.74, 6) is -1.32. The molecule has 4 fully saturated rings. The van der Waals surface area contributed by atoms with Crippen LogP contribution in [0.1, 0.15) is 89.4 Å². The third-order valence-corrected chi connectivity index (χ3v) is 9.81. The van der Waals surface area contributed by atoms with Crippen molar-refractivity contribution in [1.82, 2.24) is 20.0 Å². The summed E-state index contributed by atoms with van der Waals surface area (Å²) in [5.41, 5.74) is -0.391. The van der Waals surface area contributed by atoms with Crippen molar-refractivity contribution in [2.45, 2.75) is 81.7 Å². The lowest BCUT2D eigenvalue weighted by Crippen LogP contribution is -2.56. The van der Waals surface area contributed by atoms with E-state index in [1.165, 1.54) is 11.0 Å². The second kappa shape index (κ2) is 10.6. The van der Waals surface area contributed by atoms with Crippen LogP contribution in [-0.4, -0.2) is 70.3 Å². The molecule has 13 heteroatoms. The van der Waals surface area contributed by atoms with Gasteiger partial charge in [0.1, 0.15) is 17.9 Å². The lowest BCUT2D eigenvalue weighted by molar-refractivity contribution is -0.137. The predicted molar refractivity (Wildman–Crippen MR) is 150 cm³/mol. The van der Waals surface area contributed by atoms with Gasteiger partial charge in [0.2, 0.25) is 0 Å². The maximum absolute atomic E-state index is 14.3. The molecule has 10 nitrogen and oxygen atoms in total. The SMILES string of the molecule is CCN1C(=O)[C@@H](NC(=O)c2cccc(C(F)(F)F)c2)[C@@H](C2CC2)c2c(C(=O)N3[C@@H](C#N)C[C@@H]4C[C@@H]43)nn(C3CCOCC3)c21. The highest BCUT2D eigenvalue weighted by molar-refractivity contribution is 6.07. The molecule has 5 aliphatic rings. The fourth-order valence-corrected chi connectivity index (χ4v) is 7.42. The number of likely N-dealkylation sites (tertiary alicyclic amines) is 1. The molecule has 1 aromatic carbocycles. The number of nitrogens with one attached hydrogen (secondary N) is 1. The van der Waals surface area contributed by atoms with Gasteiger partial charge < -0.3 is 15.0 Å². The fourth-order valence-electron chi connectivity index (χ4n) is 7.42. The molecule has 2 saturated carbocycles. The molecular formula is C31H33F3N6O4. The number of anilines is 1. The van der Waals surface area contributed by atoms with E-state index in [2.05, 4.69) is 11.4 Å². The van der Waals surface area contributed by atoms with E-state index in [-0.39, 0.29) is 47.6 Å². The van der Waals surface area contributed by atoms with E-state index in [1.807, 2.05) is 0 Å². The van der Waals surface area contributed by atoms with Gasteiger partial charge in [0, 0.05) is 42.8 Å². The summed E-state index contributed by atoms with van der Waals surface area (Å²) >= 11 is 0. The van der Waals surface area contributed by atoms with E-state index in [0.717, 1.165) is 37.5 Å². The Bertz CT molecular complexity index is 1560. The molecule has 0 unspecified atom stereocenters. The third kappa shape index (κ3) is 4.74. The number of nitrogens with zero attached hydrogens (tertiary/aromatic N) is 5. The van der Waals surface area contributed by atoms with E-state index >= 15 is 0 Å². The lowest BCUT2D eigenvalue weighted by atomic mass is 9.82. The highest BCUT2D eigenvalue weighted by Gasteiger charge is 2.57. The minimum atomic E-state index is -4.63. The van der Waals surface area contributed by atoms with Gasteiger partial charge in [-0.3, -0.25) is 19.3 Å². The third-order valence-electron chi connectivity index (χ3n) is 9.81. The second-order valence-electron chi connectivity index (χ2n) is 12.5. The molecule has 0 bridgehead atoms. The Hall–Kier alpha value is -3.92. The zero-order chi connectivity index (χ0) is 30.9. The van der Waals surface area contributed by atoms with Crippen molar-refractivity contribution in [2.75, 3.05) is 24.7 Å². The highest BCUT2D eigenvalue weighted by Crippen LogP contribution is 2.53. The van der Waals surface area contributed by atoms with Gasteiger partial charge in [0.25, 0.3) is 17.7 Å². The average Bonchev–Trinajstić information content (AvgIpc) is 3.94. The van der Waals surface area contributed by atoms with Gasteiger partial charge in [0.05, 0.1) is 17.7 Å². The quantitative estimate of drug-likeness (QED) is 0.527. The van der Waals surface area contributed by atoms with Crippen LogP contribution in [-0.2, 0) is 15.7 Å². The van der Waals surface area contributed by atoms with Crippen LogP contribution in [0.15, 0.2) is 24.3 Å². The molecule has 2 aromatic rings. The molecule has 44 heavy (non-hydrogen) atoms. The van der Waals surface area contributed by atoms with Crippen LogP contribution in [0.25, 0.3) is 0 Å². The van der Waals surface area contributed by atoms with Crippen LogP contribution in [0.2, 0.25) is 0 Å². The molecule has 0 radical (unpaired) electrons. The van der Waals surface area contributed by atoms with E-state index < -0.39 is 35.6 Å². The summed E-state index contributed by atoms with van der Waals surface area (Å²) in [5, 5.41) is 17.5. The summed E-state index contributed by atoms with van der Waals surface area (Å²) in [6.07, 6.45) is -0.341. The number of hydrogen-bond acceptors (Lipinski definition) is 6. The Labute approximate surface area is 252 Å². The van der Waals surface area contributed by atoms with Gasteiger partial charge in [-0.1, -0.05) is 6.07 Å². The zero-order valence-corrected chi connectivity index (χ0v) is 24.2. The molecule has 232 valence electrons. The Balaban J connectivity index is 1.33. The minimum absolute atomic E-state index is 0.0145. The fraction of sp³-hybridized carbons (Fsp3) is 0.581. The smallest absolute Gasteiger partial charge is 0.381 e. The summed E-state index contributed by atoms with van der Waals surface area (Å²) in [6, 6.07) is 4.59. The van der Waals surface area contributed by atoms with E-state index in [0.29, 0.717) is 49.8 Å². The van der Waals surface area contributed by atoms with Crippen molar-refractivity contribution < 1.29 is 32.3 Å². The van der Waals surface area contributed by atoms with Crippen LogP contribution in [0, 0.1) is 23.2 Å². The summed E-state index contributed by atoms with van der Waals surface area (Å²) in [7, 11) is 0. The van der Waals surface area contributed by atoms with E-state index in [4.69, 9.17) is 9.84 Å². The molecule has 4 heterocycles. The maximum atomic E-state index is 14.3. The minimum Gasteiger partial charge on any atom is -0.381 e. The highest BCUT2D eigenvalue weighted by atomic mass is 19.4. The van der Waals surface area contributed by atoms with Gasteiger partial charge >= 0.3 is 6.18 Å². The number of aromatic nitrogens is 2. The van der Waals surface area contributed by atoms with E-state index in [1.54, 1.807) is 16.5 Å². The monoisotopic (exact) mass is 610 g/mol. The van der Waals surface area contributed by atoms with Crippen molar-refractivity contribution >= 4 is 23.5 Å². The van der Waals surface area contributed by atoms with Crippen LogP contribution < -0.4 is 10.2 Å². The van der Waals surface area contributed by atoms with Crippen LogP contribution in [0.4, 0.5) is 19.0 Å². The molecular weight excluding hydrogens is 577 g/mol. The first-order chi connectivity index (χ1) is 21.1. The Morgan fingerprint density at radius 1 is 1.14 bits per heavy atom. The molecule has 1 aromatic heterocycles. The maximum Gasteiger partial charge on any atom is 0.416 e. The van der Waals surface area contributed by atoms with Crippen LogP contribution >= 0.6 is 0 Å². The Kier molecular flexibility index (Phi) is 6.95. The average molecular weight is 611 g/mol. The molecule has 0 spiro atoms. The first kappa shape index (κ1) is 28.8. The zero-order valence-electron chi connectivity index (χ0n) is 24.2. The number of carbonyl (C=O) groups excluding carboxylic acids is 3. The molecule has 7 rings (SSSR count). The number of hydrogen-bond donors (Lipinski definition) is 1. The molecule has 2 saturated heterocycles. The van der Waals surface area contributed by atoms with Crippen molar-refractivity contribution in [2.24, 2.45) is 11.8 Å². The molecule has 2 aliphatic carbocycles. The number of halogens is 3. The number of ether oxygens (including phenoxy) is 1. The Morgan fingerprint density at radius 2 is 1.89 bits per heavy atom. The number of piperidine rings is 1. The number of nitriles is 1. The largest absolute Gasteiger partial charge is 0.416 e. The number of fused-ring (bicyclic) bond motifs is 2. The van der Waals surface area contributed by atoms with Crippen LogP contribution in [0.5, 0.6) is 0 Å². The summed E-state index contributed by atoms with van der Waals surface area (Å²) in [4.78, 5) is 45.2. The number of likely N-dealkylation sites (N-methyl/N-ethyl adjacent to an activating group) is 1. The van der Waals surface area contributed by atoms with Gasteiger partial charge in [0.15, 0.2) is 5.69 Å². The normalized spacial score (nSPS) is 28.3. The van der Waals surface area contributed by atoms with Crippen LogP contribution in [0.3, 0.4) is 0 Å². The molecule has 3 amide bonds. The van der Waals surface area contributed by atoms with Crippen molar-refractivity contribution in [1.29, 1.82) is 5.26 Å². The number of rotatable bonds is 6. The summed E-state index contributed by atoms with van der Waals surface area (Å²) in [6.45, 7) is 3.05. The topological polar surface area (TPSA) is 121 Å². The first-order valence-electron chi connectivity index (χ1n) is 15.3. The predicted octanol–water partition coefficient (Wildman–Crippen LogP) is 4.04. The Morgan fingerprint density at radius 3 is 2.55 bits per heavy atom. The number of carbonyl (C=O) groups is 3. The van der Waals surface area contributed by atoms with Crippen molar-refractivity contribution in [3.05, 3.63) is 46.6 Å². The van der Waals surface area contributed by atoms with Gasteiger partial charge in [-0.2, -0.15) is 23.5 Å². The molecule has 5 atom stereocenters. The van der Waals surface area contributed by atoms with E-state index in [9.17, 15) is 32.8 Å².